The van der Waals surface area contributed by atoms with E-state index in [9.17, 15) is 4.79 Å². The zero-order valence-corrected chi connectivity index (χ0v) is 16.7. The number of rotatable bonds is 9. The Morgan fingerprint density at radius 2 is 1.93 bits per heavy atom. The average Bonchev–Trinajstić information content (AvgIpc) is 3.11. The molecule has 3 aromatic rings. The van der Waals surface area contributed by atoms with E-state index in [0.29, 0.717) is 24.9 Å². The molecule has 8 heteroatoms. The molecule has 0 saturated carbocycles. The molecule has 2 heterocycles. The van der Waals surface area contributed by atoms with Gasteiger partial charge in [0.2, 0.25) is 5.91 Å². The highest BCUT2D eigenvalue weighted by Gasteiger charge is 2.21. The molecule has 0 spiro atoms. The zero-order chi connectivity index (χ0) is 19.8. The van der Waals surface area contributed by atoms with Crippen molar-refractivity contribution in [3.8, 4) is 11.4 Å². The third-order valence-corrected chi connectivity index (χ3v) is 5.18. The highest BCUT2D eigenvalue weighted by atomic mass is 32.2. The standard InChI is InChI=1S/C20H23N5O2S/c1-15(19(26)22-12-13-27-2)28-20-24-23-18(17-8-10-21-11-9-17)25(20)14-16-6-4-3-5-7-16/h3-11,15H,12-14H2,1-2H3,(H,22,26)/t15-/m0/s1. The van der Waals surface area contributed by atoms with E-state index in [1.807, 2.05) is 41.8 Å². The number of ether oxygens (including phenoxy) is 1. The van der Waals surface area contributed by atoms with Crippen LogP contribution in [0.3, 0.4) is 0 Å². The van der Waals surface area contributed by atoms with Gasteiger partial charge >= 0.3 is 0 Å². The number of hydrogen-bond acceptors (Lipinski definition) is 6. The third-order valence-electron chi connectivity index (χ3n) is 4.10. The van der Waals surface area contributed by atoms with Crippen LogP contribution < -0.4 is 5.32 Å². The quantitative estimate of drug-likeness (QED) is 0.442. The molecule has 2 aromatic heterocycles. The lowest BCUT2D eigenvalue weighted by atomic mass is 10.2. The predicted octanol–water partition coefficient (Wildman–Crippen LogP) is 2.63. The van der Waals surface area contributed by atoms with Crippen molar-refractivity contribution >= 4 is 17.7 Å². The molecular formula is C20H23N5O2S. The number of amides is 1. The summed E-state index contributed by atoms with van der Waals surface area (Å²) in [6.07, 6.45) is 3.46. The highest BCUT2D eigenvalue weighted by Crippen LogP contribution is 2.27. The molecule has 1 aromatic carbocycles. The van der Waals surface area contributed by atoms with E-state index in [-0.39, 0.29) is 11.2 Å². The summed E-state index contributed by atoms with van der Waals surface area (Å²) in [7, 11) is 1.61. The Bertz CT molecular complexity index is 886. The Hall–Kier alpha value is -2.71. The molecule has 0 aliphatic rings. The van der Waals surface area contributed by atoms with Gasteiger partial charge in [-0.1, -0.05) is 42.1 Å². The number of pyridine rings is 1. The number of carbonyl (C=O) groups is 1. The van der Waals surface area contributed by atoms with Crippen LogP contribution in [0.25, 0.3) is 11.4 Å². The second-order valence-electron chi connectivity index (χ2n) is 6.16. The largest absolute Gasteiger partial charge is 0.383 e. The minimum absolute atomic E-state index is 0.0539. The Morgan fingerprint density at radius 3 is 2.64 bits per heavy atom. The van der Waals surface area contributed by atoms with Gasteiger partial charge in [-0.15, -0.1) is 10.2 Å². The van der Waals surface area contributed by atoms with Gasteiger partial charge in [0.15, 0.2) is 11.0 Å². The van der Waals surface area contributed by atoms with Gasteiger partial charge in [0, 0.05) is 31.6 Å². The van der Waals surface area contributed by atoms with Crippen molar-refractivity contribution in [1.82, 2.24) is 25.1 Å². The van der Waals surface area contributed by atoms with Gasteiger partial charge in [-0.3, -0.25) is 14.3 Å². The summed E-state index contributed by atoms with van der Waals surface area (Å²) in [5, 5.41) is 12.0. The maximum atomic E-state index is 12.3. The molecule has 28 heavy (non-hydrogen) atoms. The van der Waals surface area contributed by atoms with E-state index in [4.69, 9.17) is 4.74 Å². The van der Waals surface area contributed by atoms with Gasteiger partial charge in [0.05, 0.1) is 18.4 Å². The number of carbonyl (C=O) groups excluding carboxylic acids is 1. The maximum absolute atomic E-state index is 12.3. The lowest BCUT2D eigenvalue weighted by Crippen LogP contribution is -2.33. The normalized spacial score (nSPS) is 11.9. The van der Waals surface area contributed by atoms with Gasteiger partial charge in [-0.2, -0.15) is 0 Å². The van der Waals surface area contributed by atoms with Crippen molar-refractivity contribution in [2.45, 2.75) is 23.9 Å². The molecule has 3 rings (SSSR count). The summed E-state index contributed by atoms with van der Waals surface area (Å²) in [6, 6.07) is 13.9. The minimum atomic E-state index is -0.305. The van der Waals surface area contributed by atoms with E-state index >= 15 is 0 Å². The van der Waals surface area contributed by atoms with Gasteiger partial charge in [-0.05, 0) is 24.6 Å². The van der Waals surface area contributed by atoms with Crippen molar-refractivity contribution in [3.63, 3.8) is 0 Å². The molecule has 0 bridgehead atoms. The summed E-state index contributed by atoms with van der Waals surface area (Å²) in [6.45, 7) is 3.45. The summed E-state index contributed by atoms with van der Waals surface area (Å²) >= 11 is 1.39. The SMILES string of the molecule is COCCNC(=O)[C@H](C)Sc1nnc(-c2ccncc2)n1Cc1ccccc1. The Kier molecular flexibility index (Phi) is 7.16. The summed E-state index contributed by atoms with van der Waals surface area (Å²) in [4.78, 5) is 16.4. The van der Waals surface area contributed by atoms with Gasteiger partial charge in [-0.25, -0.2) is 0 Å². The fraction of sp³-hybridized carbons (Fsp3) is 0.300. The van der Waals surface area contributed by atoms with Crippen LogP contribution in [0, 0.1) is 0 Å². The van der Waals surface area contributed by atoms with Crippen molar-refractivity contribution in [1.29, 1.82) is 0 Å². The Morgan fingerprint density at radius 1 is 1.18 bits per heavy atom. The van der Waals surface area contributed by atoms with E-state index in [2.05, 4.69) is 32.6 Å². The number of thioether (sulfide) groups is 1. The molecule has 0 unspecified atom stereocenters. The average molecular weight is 398 g/mol. The van der Waals surface area contributed by atoms with Crippen molar-refractivity contribution in [2.75, 3.05) is 20.3 Å². The summed E-state index contributed by atoms with van der Waals surface area (Å²) < 4.78 is 7.01. The number of aromatic nitrogens is 4. The van der Waals surface area contributed by atoms with Gasteiger partial charge in [0.25, 0.3) is 0 Å². The molecule has 1 amide bonds. The first-order chi connectivity index (χ1) is 13.7. The first-order valence-electron chi connectivity index (χ1n) is 9.00. The fourth-order valence-electron chi connectivity index (χ4n) is 2.63. The smallest absolute Gasteiger partial charge is 0.233 e. The van der Waals surface area contributed by atoms with Crippen LogP contribution in [-0.4, -0.2) is 51.2 Å². The van der Waals surface area contributed by atoms with Crippen LogP contribution in [0.4, 0.5) is 0 Å². The summed E-state index contributed by atoms with van der Waals surface area (Å²) in [5.41, 5.74) is 2.07. The van der Waals surface area contributed by atoms with Crippen LogP contribution in [0.1, 0.15) is 12.5 Å². The topological polar surface area (TPSA) is 81.9 Å². The lowest BCUT2D eigenvalue weighted by Gasteiger charge is -2.14. The molecule has 0 aliphatic carbocycles. The highest BCUT2D eigenvalue weighted by molar-refractivity contribution is 8.00. The minimum Gasteiger partial charge on any atom is -0.383 e. The number of nitrogens with one attached hydrogen (secondary N) is 1. The van der Waals surface area contributed by atoms with Crippen molar-refractivity contribution < 1.29 is 9.53 Å². The molecule has 0 fully saturated rings. The monoisotopic (exact) mass is 397 g/mol. The molecule has 7 nitrogen and oxygen atoms in total. The van der Waals surface area contributed by atoms with Crippen LogP contribution in [0.15, 0.2) is 60.0 Å². The van der Waals surface area contributed by atoms with Crippen LogP contribution in [0.2, 0.25) is 0 Å². The Labute approximate surface area is 168 Å². The molecule has 146 valence electrons. The second kappa shape index (κ2) is 10.0. The fourth-order valence-corrected chi connectivity index (χ4v) is 3.50. The van der Waals surface area contributed by atoms with E-state index < -0.39 is 0 Å². The van der Waals surface area contributed by atoms with Crippen molar-refractivity contribution in [3.05, 3.63) is 60.4 Å². The predicted molar refractivity (Wildman–Crippen MR) is 109 cm³/mol. The molecule has 0 saturated heterocycles. The number of methoxy groups -OCH3 is 1. The van der Waals surface area contributed by atoms with E-state index in [0.717, 1.165) is 17.0 Å². The summed E-state index contributed by atoms with van der Waals surface area (Å²) in [5.74, 6) is 0.697. The lowest BCUT2D eigenvalue weighted by molar-refractivity contribution is -0.120. The second-order valence-corrected chi connectivity index (χ2v) is 7.47. The van der Waals surface area contributed by atoms with Crippen molar-refractivity contribution in [2.24, 2.45) is 0 Å². The first-order valence-corrected chi connectivity index (χ1v) is 9.88. The first kappa shape index (κ1) is 20.0. The molecule has 0 aliphatic heterocycles. The molecule has 0 radical (unpaired) electrons. The number of hydrogen-bond donors (Lipinski definition) is 1. The maximum Gasteiger partial charge on any atom is 0.233 e. The van der Waals surface area contributed by atoms with Crippen LogP contribution in [-0.2, 0) is 16.1 Å². The molecule has 1 N–H and O–H groups in total. The van der Waals surface area contributed by atoms with E-state index in [1.54, 1.807) is 19.5 Å². The number of nitrogens with zero attached hydrogens (tertiary/aromatic N) is 4. The van der Waals surface area contributed by atoms with E-state index in [1.165, 1.54) is 11.8 Å². The third kappa shape index (κ3) is 5.17. The number of benzene rings is 1. The molecular weight excluding hydrogens is 374 g/mol. The van der Waals surface area contributed by atoms with Crippen LogP contribution in [0.5, 0.6) is 0 Å². The van der Waals surface area contributed by atoms with Crippen LogP contribution >= 0.6 is 11.8 Å². The zero-order valence-electron chi connectivity index (χ0n) is 15.9. The molecule has 1 atom stereocenters. The van der Waals surface area contributed by atoms with Gasteiger partial charge < -0.3 is 10.1 Å². The Balaban J connectivity index is 1.84. The van der Waals surface area contributed by atoms with Gasteiger partial charge in [0.1, 0.15) is 0 Å².